The Morgan fingerprint density at radius 2 is 1.96 bits per heavy atom. The Balaban J connectivity index is 1.98. The largest absolute Gasteiger partial charge is 0.490 e. The highest BCUT2D eigenvalue weighted by atomic mass is 32.1. The minimum Gasteiger partial charge on any atom is -0.490 e. The lowest BCUT2D eigenvalue weighted by atomic mass is 9.89. The minimum atomic E-state index is -0.347. The molecule has 1 unspecified atom stereocenters. The molecule has 0 aliphatic rings. The molecule has 0 radical (unpaired) electrons. The Morgan fingerprint density at radius 1 is 1.27 bits per heavy atom. The normalized spacial score (nSPS) is 12.3. The molecule has 0 fully saturated rings. The first kappa shape index (κ1) is 19.9. The van der Waals surface area contributed by atoms with Crippen LogP contribution in [-0.2, 0) is 9.47 Å². The summed E-state index contributed by atoms with van der Waals surface area (Å²) in [4.78, 5) is 15.7. The van der Waals surface area contributed by atoms with Gasteiger partial charge in [0, 0.05) is 17.8 Å². The molecule has 26 heavy (non-hydrogen) atoms. The molecule has 0 saturated carbocycles. The van der Waals surface area contributed by atoms with Crippen molar-refractivity contribution in [2.45, 2.75) is 33.8 Å². The van der Waals surface area contributed by atoms with Gasteiger partial charge in [0.05, 0.1) is 12.2 Å². The number of hydrogen-bond acceptors (Lipinski definition) is 6. The van der Waals surface area contributed by atoms with Crippen molar-refractivity contribution in [1.82, 2.24) is 9.55 Å². The number of ether oxygens (including phenoxy) is 3. The third-order valence-corrected chi connectivity index (χ3v) is 4.00. The molecule has 0 aliphatic heterocycles. The summed E-state index contributed by atoms with van der Waals surface area (Å²) < 4.78 is 18.4. The van der Waals surface area contributed by atoms with E-state index in [-0.39, 0.29) is 17.5 Å². The van der Waals surface area contributed by atoms with Gasteiger partial charge >= 0.3 is 5.97 Å². The first-order valence-electron chi connectivity index (χ1n) is 8.40. The molecule has 0 saturated heterocycles. The minimum absolute atomic E-state index is 0.185. The van der Waals surface area contributed by atoms with E-state index in [1.54, 1.807) is 54.5 Å². The average Bonchev–Trinajstić information content (AvgIpc) is 3.13. The van der Waals surface area contributed by atoms with Gasteiger partial charge in [0.15, 0.2) is 0 Å². The number of esters is 1. The molecule has 140 valence electrons. The molecule has 1 heterocycles. The van der Waals surface area contributed by atoms with E-state index in [2.05, 4.69) is 25.8 Å². The predicted octanol–water partition coefficient (Wildman–Crippen LogP) is 3.70. The molecular weight excluding hydrogens is 352 g/mol. The van der Waals surface area contributed by atoms with E-state index in [0.717, 1.165) is 0 Å². The molecule has 0 spiro atoms. The molecule has 1 atom stereocenters. The Kier molecular flexibility index (Phi) is 6.74. The third-order valence-electron chi connectivity index (χ3n) is 3.69. The molecule has 1 aromatic carbocycles. The SMILES string of the molecule is CCOC(=O)c1ccc(OCC(OC(=S)n2ccnc2)C(C)(C)C)cc1. The molecular formula is C19H24N2O4S. The van der Waals surface area contributed by atoms with Gasteiger partial charge in [-0.05, 0) is 43.4 Å². The van der Waals surface area contributed by atoms with E-state index in [4.69, 9.17) is 26.4 Å². The van der Waals surface area contributed by atoms with Gasteiger partial charge in [-0.2, -0.15) is 0 Å². The molecule has 1 aromatic heterocycles. The number of rotatable bonds is 6. The van der Waals surface area contributed by atoms with Crippen LogP contribution in [0.1, 0.15) is 38.1 Å². The number of benzene rings is 1. The maximum absolute atomic E-state index is 11.7. The van der Waals surface area contributed by atoms with Crippen molar-refractivity contribution in [2.75, 3.05) is 13.2 Å². The van der Waals surface area contributed by atoms with Crippen molar-refractivity contribution >= 4 is 23.4 Å². The molecule has 2 rings (SSSR count). The molecule has 6 nitrogen and oxygen atoms in total. The van der Waals surface area contributed by atoms with Crippen LogP contribution >= 0.6 is 12.2 Å². The number of carbonyl (C=O) groups excluding carboxylic acids is 1. The first-order valence-corrected chi connectivity index (χ1v) is 8.81. The van der Waals surface area contributed by atoms with Gasteiger partial charge in [0.25, 0.3) is 5.17 Å². The highest BCUT2D eigenvalue weighted by molar-refractivity contribution is 7.80. The van der Waals surface area contributed by atoms with E-state index in [1.807, 2.05) is 0 Å². The van der Waals surface area contributed by atoms with Gasteiger partial charge in [-0.25, -0.2) is 9.78 Å². The zero-order chi connectivity index (χ0) is 19.2. The summed E-state index contributed by atoms with van der Waals surface area (Å²) in [6.07, 6.45) is 4.71. The molecule has 2 aromatic rings. The zero-order valence-corrected chi connectivity index (χ0v) is 16.3. The van der Waals surface area contributed by atoms with E-state index in [1.165, 1.54) is 0 Å². The van der Waals surface area contributed by atoms with Gasteiger partial charge < -0.3 is 14.2 Å². The van der Waals surface area contributed by atoms with Crippen LogP contribution in [0.25, 0.3) is 0 Å². The summed E-state index contributed by atoms with van der Waals surface area (Å²) in [6.45, 7) is 8.61. The first-order chi connectivity index (χ1) is 12.3. The van der Waals surface area contributed by atoms with Gasteiger partial charge in [-0.15, -0.1) is 0 Å². The third kappa shape index (κ3) is 5.56. The van der Waals surface area contributed by atoms with Crippen LogP contribution in [0.4, 0.5) is 0 Å². The second-order valence-corrected chi connectivity index (χ2v) is 7.11. The highest BCUT2D eigenvalue weighted by Gasteiger charge is 2.28. The lowest BCUT2D eigenvalue weighted by Crippen LogP contribution is -2.37. The van der Waals surface area contributed by atoms with Crippen LogP contribution in [-0.4, -0.2) is 40.0 Å². The van der Waals surface area contributed by atoms with E-state index >= 15 is 0 Å². The van der Waals surface area contributed by atoms with Gasteiger partial charge in [0.1, 0.15) is 24.8 Å². The number of aromatic nitrogens is 2. The second kappa shape index (κ2) is 8.80. The molecule has 0 bridgehead atoms. The Morgan fingerprint density at radius 3 is 2.50 bits per heavy atom. The lowest BCUT2D eigenvalue weighted by molar-refractivity contribution is 0.0321. The van der Waals surface area contributed by atoms with Crippen LogP contribution in [0.3, 0.4) is 0 Å². The van der Waals surface area contributed by atoms with Gasteiger partial charge in [-0.3, -0.25) is 4.57 Å². The molecule has 0 N–H and O–H groups in total. The van der Waals surface area contributed by atoms with Crippen LogP contribution in [0.15, 0.2) is 43.0 Å². The van der Waals surface area contributed by atoms with Crippen LogP contribution in [0.5, 0.6) is 5.75 Å². The smallest absolute Gasteiger partial charge is 0.338 e. The summed E-state index contributed by atoms with van der Waals surface area (Å²) in [6, 6.07) is 6.83. The summed E-state index contributed by atoms with van der Waals surface area (Å²) >= 11 is 5.31. The average molecular weight is 376 g/mol. The Hall–Kier alpha value is -2.41. The fourth-order valence-electron chi connectivity index (χ4n) is 2.08. The van der Waals surface area contributed by atoms with Crippen LogP contribution in [0, 0.1) is 5.41 Å². The summed E-state index contributed by atoms with van der Waals surface area (Å²) in [5.41, 5.74) is 0.305. The Labute approximate surface area is 159 Å². The van der Waals surface area contributed by atoms with E-state index < -0.39 is 0 Å². The van der Waals surface area contributed by atoms with Crippen molar-refractivity contribution in [3.63, 3.8) is 0 Å². The monoisotopic (exact) mass is 376 g/mol. The fraction of sp³-hybridized carbons (Fsp3) is 0.421. The van der Waals surface area contributed by atoms with E-state index in [9.17, 15) is 4.79 Å². The van der Waals surface area contributed by atoms with Crippen molar-refractivity contribution in [3.05, 3.63) is 48.5 Å². The standard InChI is InChI=1S/C19H24N2O4S/c1-5-23-17(22)14-6-8-15(9-7-14)24-12-16(19(2,3)4)25-18(26)21-11-10-20-13-21/h6-11,13,16H,5,12H2,1-4H3. The van der Waals surface area contributed by atoms with Crippen molar-refractivity contribution in [3.8, 4) is 5.75 Å². The van der Waals surface area contributed by atoms with Gasteiger partial charge in [0.2, 0.25) is 0 Å². The molecule has 7 heteroatoms. The van der Waals surface area contributed by atoms with Crippen molar-refractivity contribution in [1.29, 1.82) is 0 Å². The number of nitrogens with zero attached hydrogens (tertiary/aromatic N) is 2. The molecule has 0 amide bonds. The quantitative estimate of drug-likeness (QED) is 0.566. The lowest BCUT2D eigenvalue weighted by Gasteiger charge is -2.31. The maximum Gasteiger partial charge on any atom is 0.338 e. The topological polar surface area (TPSA) is 62.6 Å². The number of carbonyl (C=O) groups is 1. The number of hydrogen-bond donors (Lipinski definition) is 0. The summed E-state index contributed by atoms with van der Waals surface area (Å²) in [7, 11) is 0. The second-order valence-electron chi connectivity index (χ2n) is 6.76. The molecule has 0 aliphatic carbocycles. The predicted molar refractivity (Wildman–Crippen MR) is 102 cm³/mol. The Bertz CT molecular complexity index is 721. The summed E-state index contributed by atoms with van der Waals surface area (Å²) in [5.74, 6) is 0.296. The fourth-order valence-corrected chi connectivity index (χ4v) is 2.31. The van der Waals surface area contributed by atoms with Crippen LogP contribution < -0.4 is 4.74 Å². The highest BCUT2D eigenvalue weighted by Crippen LogP contribution is 2.24. The van der Waals surface area contributed by atoms with Crippen molar-refractivity contribution in [2.24, 2.45) is 5.41 Å². The van der Waals surface area contributed by atoms with Crippen LogP contribution in [0.2, 0.25) is 0 Å². The van der Waals surface area contributed by atoms with Crippen molar-refractivity contribution < 1.29 is 19.0 Å². The van der Waals surface area contributed by atoms with Gasteiger partial charge in [-0.1, -0.05) is 20.8 Å². The summed E-state index contributed by atoms with van der Waals surface area (Å²) in [5, 5.41) is 0.323. The number of imidazole rings is 1. The maximum atomic E-state index is 11.7. The number of thiocarbonyl (C=S) groups is 1. The van der Waals surface area contributed by atoms with E-state index in [0.29, 0.717) is 29.7 Å². The zero-order valence-electron chi connectivity index (χ0n) is 15.5.